The van der Waals surface area contributed by atoms with Gasteiger partial charge in [-0.1, -0.05) is 25.0 Å². The SMILES string of the molecule is CCOC1CC2=C(CCC3(C2)OCCO3)C2=CC[C@]3(C)CCC[C@@H]3[C@@H]21. The van der Waals surface area contributed by atoms with Crippen LogP contribution in [0.2, 0.25) is 0 Å². The van der Waals surface area contributed by atoms with Gasteiger partial charge < -0.3 is 14.2 Å². The van der Waals surface area contributed by atoms with Crippen LogP contribution in [-0.2, 0) is 14.2 Å². The molecule has 2 fully saturated rings. The Morgan fingerprint density at radius 1 is 1.24 bits per heavy atom. The number of hydrogen-bond donors (Lipinski definition) is 0. The molecule has 0 aromatic carbocycles. The molecule has 1 heterocycles. The van der Waals surface area contributed by atoms with Crippen molar-refractivity contribution in [1.82, 2.24) is 0 Å². The number of allylic oxidation sites excluding steroid dienone is 2. The molecule has 4 aliphatic carbocycles. The second-order valence-corrected chi connectivity index (χ2v) is 9.11. The van der Waals surface area contributed by atoms with E-state index in [1.54, 1.807) is 16.7 Å². The van der Waals surface area contributed by atoms with Gasteiger partial charge in [-0.05, 0) is 61.5 Å². The Hall–Kier alpha value is -0.640. The molecule has 5 aliphatic rings. The van der Waals surface area contributed by atoms with Crippen molar-refractivity contribution in [3.8, 4) is 0 Å². The highest BCUT2D eigenvalue weighted by Gasteiger charge is 2.53. The molecule has 0 bridgehead atoms. The molecule has 25 heavy (non-hydrogen) atoms. The molecule has 3 heteroatoms. The zero-order chi connectivity index (χ0) is 17.1. The molecule has 0 amide bonds. The largest absolute Gasteiger partial charge is 0.378 e. The maximum atomic E-state index is 6.35. The molecule has 0 aromatic heterocycles. The minimum Gasteiger partial charge on any atom is -0.378 e. The molecule has 1 aliphatic heterocycles. The van der Waals surface area contributed by atoms with Crippen molar-refractivity contribution in [3.63, 3.8) is 0 Å². The minimum absolute atomic E-state index is 0.320. The summed E-state index contributed by atoms with van der Waals surface area (Å²) in [6, 6.07) is 0. The average Bonchev–Trinajstić information content (AvgIpc) is 3.21. The van der Waals surface area contributed by atoms with Crippen molar-refractivity contribution >= 4 is 0 Å². The smallest absolute Gasteiger partial charge is 0.172 e. The Morgan fingerprint density at radius 3 is 2.88 bits per heavy atom. The normalized spacial score (nSPS) is 42.2. The van der Waals surface area contributed by atoms with Crippen LogP contribution in [0.15, 0.2) is 22.8 Å². The molecule has 1 saturated heterocycles. The van der Waals surface area contributed by atoms with Crippen molar-refractivity contribution in [2.75, 3.05) is 19.8 Å². The molecule has 3 nitrogen and oxygen atoms in total. The van der Waals surface area contributed by atoms with Crippen LogP contribution in [0.25, 0.3) is 0 Å². The minimum atomic E-state index is -0.320. The predicted octanol–water partition coefficient (Wildman–Crippen LogP) is 4.77. The lowest BCUT2D eigenvalue weighted by molar-refractivity contribution is -0.165. The summed E-state index contributed by atoms with van der Waals surface area (Å²) in [6.45, 7) is 7.00. The molecule has 5 rings (SSSR count). The van der Waals surface area contributed by atoms with Gasteiger partial charge in [-0.2, -0.15) is 0 Å². The van der Waals surface area contributed by atoms with Gasteiger partial charge in [-0.15, -0.1) is 0 Å². The van der Waals surface area contributed by atoms with Crippen LogP contribution in [-0.4, -0.2) is 31.7 Å². The van der Waals surface area contributed by atoms with Crippen LogP contribution >= 0.6 is 0 Å². The highest BCUT2D eigenvalue weighted by atomic mass is 16.7. The van der Waals surface area contributed by atoms with E-state index in [1.165, 1.54) is 25.7 Å². The third-order valence-corrected chi connectivity index (χ3v) is 7.80. The summed E-state index contributed by atoms with van der Waals surface area (Å²) in [5.41, 5.74) is 5.38. The van der Waals surface area contributed by atoms with Crippen molar-refractivity contribution in [2.24, 2.45) is 17.3 Å². The highest BCUT2D eigenvalue weighted by Crippen LogP contribution is 2.60. The summed E-state index contributed by atoms with van der Waals surface area (Å²) >= 11 is 0. The van der Waals surface area contributed by atoms with E-state index in [0.29, 0.717) is 17.4 Å². The molecule has 1 unspecified atom stereocenters. The van der Waals surface area contributed by atoms with E-state index in [2.05, 4.69) is 19.9 Å². The summed E-state index contributed by atoms with van der Waals surface area (Å²) in [5, 5.41) is 0. The standard InChI is InChI=1S/C22H32O3/c1-3-23-19-13-15-14-22(24-11-12-25-22)10-7-16(15)17-6-9-21(2)8-4-5-18(21)20(17)19/h6,18-20H,3-5,7-14H2,1-2H3/t18-,19?,20-,21+/m1/s1. The van der Waals surface area contributed by atoms with E-state index in [0.717, 1.165) is 51.4 Å². The number of rotatable bonds is 2. The molecular formula is C22H32O3. The number of hydrogen-bond acceptors (Lipinski definition) is 3. The van der Waals surface area contributed by atoms with Gasteiger partial charge in [0, 0.05) is 25.4 Å². The Labute approximate surface area is 151 Å². The van der Waals surface area contributed by atoms with Crippen LogP contribution in [0.5, 0.6) is 0 Å². The third-order valence-electron chi connectivity index (χ3n) is 7.80. The summed E-state index contributed by atoms with van der Waals surface area (Å²) in [4.78, 5) is 0. The molecular weight excluding hydrogens is 312 g/mol. The molecule has 4 atom stereocenters. The van der Waals surface area contributed by atoms with Crippen molar-refractivity contribution in [1.29, 1.82) is 0 Å². The maximum Gasteiger partial charge on any atom is 0.172 e. The summed E-state index contributed by atoms with van der Waals surface area (Å²) in [5.74, 6) is 1.12. The summed E-state index contributed by atoms with van der Waals surface area (Å²) in [7, 11) is 0. The van der Waals surface area contributed by atoms with Gasteiger partial charge in [0.25, 0.3) is 0 Å². The van der Waals surface area contributed by atoms with Gasteiger partial charge in [0.15, 0.2) is 5.79 Å². The fraction of sp³-hybridized carbons (Fsp3) is 0.818. The first-order chi connectivity index (χ1) is 12.1. The van der Waals surface area contributed by atoms with E-state index in [4.69, 9.17) is 14.2 Å². The molecule has 0 radical (unpaired) electrons. The van der Waals surface area contributed by atoms with Gasteiger partial charge in [-0.25, -0.2) is 0 Å². The van der Waals surface area contributed by atoms with Crippen LogP contribution in [0.1, 0.15) is 65.2 Å². The molecule has 0 aromatic rings. The Morgan fingerprint density at radius 2 is 2.08 bits per heavy atom. The average molecular weight is 344 g/mol. The van der Waals surface area contributed by atoms with Crippen LogP contribution in [0, 0.1) is 17.3 Å². The monoisotopic (exact) mass is 344 g/mol. The van der Waals surface area contributed by atoms with E-state index >= 15 is 0 Å². The van der Waals surface area contributed by atoms with Crippen LogP contribution in [0.4, 0.5) is 0 Å². The first-order valence-electron chi connectivity index (χ1n) is 10.4. The number of ether oxygens (including phenoxy) is 3. The first-order valence-corrected chi connectivity index (χ1v) is 10.4. The van der Waals surface area contributed by atoms with E-state index < -0.39 is 0 Å². The second kappa shape index (κ2) is 5.94. The highest BCUT2D eigenvalue weighted by molar-refractivity contribution is 5.45. The van der Waals surface area contributed by atoms with Gasteiger partial charge in [0.05, 0.1) is 19.3 Å². The maximum absolute atomic E-state index is 6.35. The summed E-state index contributed by atoms with van der Waals surface area (Å²) < 4.78 is 18.4. The van der Waals surface area contributed by atoms with E-state index in [1.807, 2.05) is 0 Å². The second-order valence-electron chi connectivity index (χ2n) is 9.11. The Kier molecular flexibility index (Phi) is 3.92. The topological polar surface area (TPSA) is 27.7 Å². The lowest BCUT2D eigenvalue weighted by Gasteiger charge is -2.50. The zero-order valence-electron chi connectivity index (χ0n) is 15.8. The van der Waals surface area contributed by atoms with Crippen LogP contribution in [0.3, 0.4) is 0 Å². The molecule has 1 saturated carbocycles. The third kappa shape index (κ3) is 2.49. The van der Waals surface area contributed by atoms with Gasteiger partial charge in [0.2, 0.25) is 0 Å². The fourth-order valence-corrected chi connectivity index (χ4v) is 6.65. The van der Waals surface area contributed by atoms with Crippen molar-refractivity contribution in [2.45, 2.75) is 77.1 Å². The first kappa shape index (κ1) is 16.5. The van der Waals surface area contributed by atoms with Gasteiger partial charge >= 0.3 is 0 Å². The van der Waals surface area contributed by atoms with E-state index in [-0.39, 0.29) is 5.79 Å². The number of fused-ring (bicyclic) bond motifs is 4. The van der Waals surface area contributed by atoms with Gasteiger partial charge in [0.1, 0.15) is 0 Å². The zero-order valence-corrected chi connectivity index (χ0v) is 15.8. The van der Waals surface area contributed by atoms with E-state index in [9.17, 15) is 0 Å². The van der Waals surface area contributed by atoms with Crippen molar-refractivity contribution < 1.29 is 14.2 Å². The lowest BCUT2D eigenvalue weighted by atomic mass is 9.58. The van der Waals surface area contributed by atoms with Gasteiger partial charge in [-0.3, -0.25) is 0 Å². The molecule has 1 spiro atoms. The molecule has 138 valence electrons. The Balaban J connectivity index is 1.52. The molecule has 0 N–H and O–H groups in total. The summed E-state index contributed by atoms with van der Waals surface area (Å²) in [6.07, 6.45) is 12.6. The predicted molar refractivity (Wildman–Crippen MR) is 97.2 cm³/mol. The van der Waals surface area contributed by atoms with Crippen LogP contribution < -0.4 is 0 Å². The fourth-order valence-electron chi connectivity index (χ4n) is 6.65. The van der Waals surface area contributed by atoms with Crippen molar-refractivity contribution in [3.05, 3.63) is 22.8 Å². The lowest BCUT2D eigenvalue weighted by Crippen LogP contribution is -2.45. The quantitative estimate of drug-likeness (QED) is 0.722. The Bertz CT molecular complexity index is 613.